The second kappa shape index (κ2) is 6.53. The molecule has 0 aliphatic carbocycles. The number of rotatable bonds is 6. The molecule has 0 saturated heterocycles. The fraction of sp³-hybridized carbons (Fsp3) is 0.400. The van der Waals surface area contributed by atoms with Gasteiger partial charge in [-0.2, -0.15) is 10.4 Å². The van der Waals surface area contributed by atoms with Crippen LogP contribution in [0.4, 0.5) is 0 Å². The lowest BCUT2D eigenvalue weighted by atomic mass is 9.75. The van der Waals surface area contributed by atoms with E-state index in [4.69, 9.17) is 11.6 Å². The van der Waals surface area contributed by atoms with E-state index >= 15 is 0 Å². The van der Waals surface area contributed by atoms with Crippen LogP contribution in [0.5, 0.6) is 0 Å². The Hall–Kier alpha value is -1.86. The highest BCUT2D eigenvalue weighted by Gasteiger charge is 2.33. The molecule has 0 saturated carbocycles. The van der Waals surface area contributed by atoms with E-state index in [9.17, 15) is 5.26 Å². The minimum Gasteiger partial charge on any atom is -0.263 e. The summed E-state index contributed by atoms with van der Waals surface area (Å²) in [5.74, 6) is 0.734. The quantitative estimate of drug-likeness (QED) is 0.882. The van der Waals surface area contributed by atoms with Crippen molar-refractivity contribution in [1.82, 2.24) is 15.2 Å². The van der Waals surface area contributed by atoms with Crippen molar-refractivity contribution in [3.8, 4) is 6.07 Å². The molecule has 2 aromatic rings. The lowest BCUT2D eigenvalue weighted by molar-refractivity contribution is 0.466. The fourth-order valence-electron chi connectivity index (χ4n) is 2.34. The van der Waals surface area contributed by atoms with E-state index in [2.05, 4.69) is 28.2 Å². The van der Waals surface area contributed by atoms with Crippen LogP contribution < -0.4 is 0 Å². The molecule has 0 radical (unpaired) electrons. The summed E-state index contributed by atoms with van der Waals surface area (Å²) < 4.78 is 0. The number of aromatic nitrogens is 3. The van der Waals surface area contributed by atoms with Crippen molar-refractivity contribution in [3.63, 3.8) is 0 Å². The number of hydrogen-bond acceptors (Lipinski definition) is 3. The van der Waals surface area contributed by atoms with E-state index in [1.54, 1.807) is 0 Å². The van der Waals surface area contributed by atoms with Gasteiger partial charge in [0.25, 0.3) is 0 Å². The highest BCUT2D eigenvalue weighted by molar-refractivity contribution is 6.30. The minimum atomic E-state index is -0.583. The topological polar surface area (TPSA) is 65.4 Å². The van der Waals surface area contributed by atoms with E-state index in [1.807, 2.05) is 24.3 Å². The zero-order valence-electron chi connectivity index (χ0n) is 11.4. The molecule has 1 aromatic heterocycles. The standard InChI is InChI=1S/C15H17ClN4/c1-2-3-8-15(10-17,9-14-18-11-19-20-14)12-4-6-13(16)7-5-12/h4-7,11H,2-3,8-9H2,1H3,(H,18,19,20). The van der Waals surface area contributed by atoms with Gasteiger partial charge in [-0.3, -0.25) is 5.10 Å². The molecule has 0 fully saturated rings. The number of halogens is 1. The normalized spacial score (nSPS) is 13.7. The Balaban J connectivity index is 2.36. The lowest BCUT2D eigenvalue weighted by Crippen LogP contribution is -2.28. The predicted molar refractivity (Wildman–Crippen MR) is 78.4 cm³/mol. The van der Waals surface area contributed by atoms with Gasteiger partial charge in [0.05, 0.1) is 11.5 Å². The molecule has 0 aliphatic rings. The highest BCUT2D eigenvalue weighted by Crippen LogP contribution is 2.33. The van der Waals surface area contributed by atoms with Gasteiger partial charge in [0.1, 0.15) is 12.2 Å². The first-order valence-electron chi connectivity index (χ1n) is 6.72. The van der Waals surface area contributed by atoms with E-state index in [0.29, 0.717) is 11.4 Å². The number of aromatic amines is 1. The monoisotopic (exact) mass is 288 g/mol. The summed E-state index contributed by atoms with van der Waals surface area (Å²) in [4.78, 5) is 4.16. The summed E-state index contributed by atoms with van der Waals surface area (Å²) in [6.07, 6.45) is 4.84. The maximum Gasteiger partial charge on any atom is 0.137 e. The molecule has 0 amide bonds. The van der Waals surface area contributed by atoms with Crippen molar-refractivity contribution in [1.29, 1.82) is 5.26 Å². The molecule has 2 rings (SSSR count). The smallest absolute Gasteiger partial charge is 0.137 e. The minimum absolute atomic E-state index is 0.533. The van der Waals surface area contributed by atoms with Crippen LogP contribution in [-0.2, 0) is 11.8 Å². The summed E-state index contributed by atoms with van der Waals surface area (Å²) in [6, 6.07) is 10.0. The molecule has 0 bridgehead atoms. The van der Waals surface area contributed by atoms with Gasteiger partial charge in [-0.15, -0.1) is 0 Å². The first-order valence-corrected chi connectivity index (χ1v) is 7.09. The molecule has 1 N–H and O–H groups in total. The Labute approximate surface area is 123 Å². The van der Waals surface area contributed by atoms with Gasteiger partial charge in [0.2, 0.25) is 0 Å². The van der Waals surface area contributed by atoms with Gasteiger partial charge >= 0.3 is 0 Å². The van der Waals surface area contributed by atoms with E-state index < -0.39 is 5.41 Å². The van der Waals surface area contributed by atoms with Crippen molar-refractivity contribution in [3.05, 3.63) is 47.0 Å². The molecule has 0 spiro atoms. The van der Waals surface area contributed by atoms with Crippen molar-refractivity contribution < 1.29 is 0 Å². The molecular formula is C15H17ClN4. The number of nitrogens with zero attached hydrogens (tertiary/aromatic N) is 3. The molecule has 0 aliphatic heterocycles. The zero-order valence-corrected chi connectivity index (χ0v) is 12.2. The van der Waals surface area contributed by atoms with Crippen molar-refractivity contribution >= 4 is 11.6 Å². The first-order chi connectivity index (χ1) is 9.70. The van der Waals surface area contributed by atoms with Crippen molar-refractivity contribution in [2.24, 2.45) is 0 Å². The number of nitrogens with one attached hydrogen (secondary N) is 1. The van der Waals surface area contributed by atoms with E-state index in [0.717, 1.165) is 30.7 Å². The van der Waals surface area contributed by atoms with Crippen LogP contribution in [0.3, 0.4) is 0 Å². The zero-order chi connectivity index (χ0) is 14.4. The van der Waals surface area contributed by atoms with Gasteiger partial charge < -0.3 is 0 Å². The molecule has 4 nitrogen and oxygen atoms in total. The van der Waals surface area contributed by atoms with Crippen LogP contribution in [0.25, 0.3) is 0 Å². The van der Waals surface area contributed by atoms with Gasteiger partial charge in [-0.05, 0) is 24.1 Å². The molecule has 104 valence electrons. The number of H-pyrrole nitrogens is 1. The fourth-order valence-corrected chi connectivity index (χ4v) is 2.47. The third kappa shape index (κ3) is 3.17. The van der Waals surface area contributed by atoms with E-state index in [-0.39, 0.29) is 0 Å². The molecule has 20 heavy (non-hydrogen) atoms. The van der Waals surface area contributed by atoms with Gasteiger partial charge in [0, 0.05) is 11.4 Å². The summed E-state index contributed by atoms with van der Waals surface area (Å²) in [5, 5.41) is 17.2. The largest absolute Gasteiger partial charge is 0.263 e. The molecule has 1 heterocycles. The van der Waals surface area contributed by atoms with Gasteiger partial charge in [-0.25, -0.2) is 4.98 Å². The molecule has 5 heteroatoms. The average molecular weight is 289 g/mol. The Morgan fingerprint density at radius 3 is 2.65 bits per heavy atom. The number of benzene rings is 1. The molecule has 1 aromatic carbocycles. The third-order valence-electron chi connectivity index (χ3n) is 3.50. The van der Waals surface area contributed by atoms with Gasteiger partial charge in [0.15, 0.2) is 0 Å². The second-order valence-corrected chi connectivity index (χ2v) is 5.35. The average Bonchev–Trinajstić information content (AvgIpc) is 2.97. The Kier molecular flexibility index (Phi) is 4.75. The summed E-state index contributed by atoms with van der Waals surface area (Å²) in [5.41, 5.74) is 0.398. The Morgan fingerprint density at radius 2 is 2.10 bits per heavy atom. The molecular weight excluding hydrogens is 272 g/mol. The SMILES string of the molecule is CCCCC(C#N)(Cc1ncn[nH]1)c1ccc(Cl)cc1. The van der Waals surface area contributed by atoms with Crippen LogP contribution in [-0.4, -0.2) is 15.2 Å². The van der Waals surface area contributed by atoms with Gasteiger partial charge in [-0.1, -0.05) is 43.5 Å². The van der Waals surface area contributed by atoms with Crippen LogP contribution in [0.2, 0.25) is 5.02 Å². The predicted octanol–water partition coefficient (Wildman–Crippen LogP) is 3.65. The second-order valence-electron chi connectivity index (χ2n) is 4.91. The van der Waals surface area contributed by atoms with Crippen LogP contribution >= 0.6 is 11.6 Å². The third-order valence-corrected chi connectivity index (χ3v) is 3.75. The lowest BCUT2D eigenvalue weighted by Gasteiger charge is -2.26. The Bertz CT molecular complexity index is 571. The van der Waals surface area contributed by atoms with Crippen LogP contribution in [0.1, 0.15) is 37.6 Å². The first kappa shape index (κ1) is 14.5. The summed E-state index contributed by atoms with van der Waals surface area (Å²) in [7, 11) is 0. The summed E-state index contributed by atoms with van der Waals surface area (Å²) >= 11 is 5.94. The highest BCUT2D eigenvalue weighted by atomic mass is 35.5. The number of unbranched alkanes of at least 4 members (excludes halogenated alkanes) is 1. The molecule has 1 atom stereocenters. The summed E-state index contributed by atoms with van der Waals surface area (Å²) in [6.45, 7) is 2.12. The van der Waals surface area contributed by atoms with E-state index in [1.165, 1.54) is 6.33 Å². The molecule has 1 unspecified atom stereocenters. The van der Waals surface area contributed by atoms with Crippen LogP contribution in [0, 0.1) is 11.3 Å². The maximum absolute atomic E-state index is 9.78. The number of nitriles is 1. The van der Waals surface area contributed by atoms with Crippen molar-refractivity contribution in [2.45, 2.75) is 38.0 Å². The van der Waals surface area contributed by atoms with Crippen molar-refractivity contribution in [2.75, 3.05) is 0 Å². The maximum atomic E-state index is 9.78. The Morgan fingerprint density at radius 1 is 1.35 bits per heavy atom. The number of hydrogen-bond donors (Lipinski definition) is 1. The van der Waals surface area contributed by atoms with Crippen LogP contribution in [0.15, 0.2) is 30.6 Å².